The highest BCUT2D eigenvalue weighted by atomic mass is 16.5. The van der Waals surface area contributed by atoms with Crippen LogP contribution in [0.4, 0.5) is 0 Å². The molecule has 1 aromatic heterocycles. The Bertz CT molecular complexity index is 355. The molecule has 0 amide bonds. The van der Waals surface area contributed by atoms with Gasteiger partial charge in [0.15, 0.2) is 0 Å². The Morgan fingerprint density at radius 3 is 2.61 bits per heavy atom. The molecule has 0 saturated carbocycles. The van der Waals surface area contributed by atoms with E-state index >= 15 is 0 Å². The normalized spacial score (nSPS) is 12.7. The van der Waals surface area contributed by atoms with Gasteiger partial charge in [-0.1, -0.05) is 13.8 Å². The lowest BCUT2D eigenvalue weighted by atomic mass is 10.1. The number of rotatable bonds is 8. The van der Waals surface area contributed by atoms with Gasteiger partial charge >= 0.3 is 0 Å². The fourth-order valence-corrected chi connectivity index (χ4v) is 1.98. The molecule has 1 atom stereocenters. The van der Waals surface area contributed by atoms with Crippen molar-refractivity contribution in [3.63, 3.8) is 0 Å². The molecule has 4 nitrogen and oxygen atoms in total. The van der Waals surface area contributed by atoms with Crippen LogP contribution in [0.15, 0.2) is 6.07 Å². The first-order chi connectivity index (χ1) is 8.69. The topological polar surface area (TPSA) is 47.0 Å². The van der Waals surface area contributed by atoms with Gasteiger partial charge in [-0.05, 0) is 32.4 Å². The van der Waals surface area contributed by atoms with Gasteiger partial charge in [0.2, 0.25) is 0 Å². The van der Waals surface area contributed by atoms with Crippen LogP contribution in [0.3, 0.4) is 0 Å². The van der Waals surface area contributed by atoms with Crippen molar-refractivity contribution in [3.8, 4) is 0 Å². The SMILES string of the molecule is CCCNC(COC)Cc1cc(CC)nc(C)n1. The smallest absolute Gasteiger partial charge is 0.125 e. The average Bonchev–Trinajstić information content (AvgIpc) is 2.35. The highest BCUT2D eigenvalue weighted by molar-refractivity contribution is 5.12. The summed E-state index contributed by atoms with van der Waals surface area (Å²) in [5, 5.41) is 3.49. The maximum Gasteiger partial charge on any atom is 0.125 e. The zero-order valence-corrected chi connectivity index (χ0v) is 12.0. The van der Waals surface area contributed by atoms with Gasteiger partial charge in [-0.3, -0.25) is 0 Å². The van der Waals surface area contributed by atoms with E-state index in [9.17, 15) is 0 Å². The summed E-state index contributed by atoms with van der Waals surface area (Å²) in [7, 11) is 1.74. The molecule has 1 unspecified atom stereocenters. The van der Waals surface area contributed by atoms with Crippen molar-refractivity contribution >= 4 is 0 Å². The van der Waals surface area contributed by atoms with Crippen LogP contribution in [-0.4, -0.2) is 36.3 Å². The molecule has 0 fully saturated rings. The number of aryl methyl sites for hydroxylation is 2. The molecule has 1 aromatic rings. The van der Waals surface area contributed by atoms with Gasteiger partial charge in [0.05, 0.1) is 6.61 Å². The maximum absolute atomic E-state index is 5.25. The summed E-state index contributed by atoms with van der Waals surface area (Å²) in [6.07, 6.45) is 2.97. The summed E-state index contributed by atoms with van der Waals surface area (Å²) in [6, 6.07) is 2.43. The Morgan fingerprint density at radius 1 is 1.28 bits per heavy atom. The van der Waals surface area contributed by atoms with Crippen molar-refractivity contribution < 1.29 is 4.74 Å². The molecule has 0 aliphatic rings. The van der Waals surface area contributed by atoms with Crippen LogP contribution < -0.4 is 5.32 Å². The minimum absolute atomic E-state index is 0.328. The van der Waals surface area contributed by atoms with Gasteiger partial charge in [-0.2, -0.15) is 0 Å². The first-order valence-corrected chi connectivity index (χ1v) is 6.75. The van der Waals surface area contributed by atoms with Crippen molar-refractivity contribution in [1.29, 1.82) is 0 Å². The predicted molar refractivity (Wildman–Crippen MR) is 73.8 cm³/mol. The van der Waals surface area contributed by atoms with E-state index in [0.717, 1.165) is 43.0 Å². The van der Waals surface area contributed by atoms with Crippen LogP contribution in [-0.2, 0) is 17.6 Å². The summed E-state index contributed by atoms with van der Waals surface area (Å²) >= 11 is 0. The van der Waals surface area contributed by atoms with Crippen LogP contribution in [0.2, 0.25) is 0 Å². The van der Waals surface area contributed by atoms with Crippen LogP contribution in [0.5, 0.6) is 0 Å². The first-order valence-electron chi connectivity index (χ1n) is 6.75. The highest BCUT2D eigenvalue weighted by Crippen LogP contribution is 2.05. The molecule has 18 heavy (non-hydrogen) atoms. The Hall–Kier alpha value is -1.00. The van der Waals surface area contributed by atoms with E-state index in [2.05, 4.69) is 35.2 Å². The molecule has 1 N–H and O–H groups in total. The summed E-state index contributed by atoms with van der Waals surface area (Å²) in [4.78, 5) is 8.91. The van der Waals surface area contributed by atoms with Gasteiger partial charge in [-0.15, -0.1) is 0 Å². The van der Waals surface area contributed by atoms with Gasteiger partial charge in [0.25, 0.3) is 0 Å². The number of nitrogens with zero attached hydrogens (tertiary/aromatic N) is 2. The Kier molecular flexibility index (Phi) is 6.83. The van der Waals surface area contributed by atoms with Gasteiger partial charge in [0, 0.05) is 31.0 Å². The van der Waals surface area contributed by atoms with Gasteiger partial charge in [0.1, 0.15) is 5.82 Å². The van der Waals surface area contributed by atoms with E-state index in [4.69, 9.17) is 4.74 Å². The molecule has 1 heterocycles. The second kappa shape index (κ2) is 8.16. The number of nitrogens with one attached hydrogen (secondary N) is 1. The minimum atomic E-state index is 0.328. The summed E-state index contributed by atoms with van der Waals surface area (Å²) in [6.45, 7) is 7.96. The van der Waals surface area contributed by atoms with E-state index < -0.39 is 0 Å². The average molecular weight is 251 g/mol. The second-order valence-corrected chi connectivity index (χ2v) is 4.56. The Morgan fingerprint density at radius 2 is 2.00 bits per heavy atom. The van der Waals surface area contributed by atoms with Crippen LogP contribution in [0, 0.1) is 6.92 Å². The molecule has 0 aliphatic heterocycles. The fourth-order valence-electron chi connectivity index (χ4n) is 1.98. The monoisotopic (exact) mass is 251 g/mol. The number of methoxy groups -OCH3 is 1. The van der Waals surface area contributed by atoms with Gasteiger partial charge < -0.3 is 10.1 Å². The molecular weight excluding hydrogens is 226 g/mol. The highest BCUT2D eigenvalue weighted by Gasteiger charge is 2.10. The summed E-state index contributed by atoms with van der Waals surface area (Å²) in [5.74, 6) is 0.857. The molecule has 0 bridgehead atoms. The third-order valence-electron chi connectivity index (χ3n) is 2.81. The third-order valence-corrected chi connectivity index (χ3v) is 2.81. The van der Waals surface area contributed by atoms with E-state index in [-0.39, 0.29) is 0 Å². The largest absolute Gasteiger partial charge is 0.383 e. The Labute approximate surface area is 110 Å². The summed E-state index contributed by atoms with van der Waals surface area (Å²) in [5.41, 5.74) is 2.22. The van der Waals surface area contributed by atoms with E-state index in [1.807, 2.05) is 6.92 Å². The number of ether oxygens (including phenoxy) is 1. The van der Waals surface area contributed by atoms with E-state index in [1.54, 1.807) is 7.11 Å². The number of hydrogen-bond acceptors (Lipinski definition) is 4. The van der Waals surface area contributed by atoms with Crippen LogP contribution in [0.25, 0.3) is 0 Å². The maximum atomic E-state index is 5.25. The van der Waals surface area contributed by atoms with Crippen molar-refractivity contribution in [3.05, 3.63) is 23.3 Å². The zero-order chi connectivity index (χ0) is 13.4. The number of aromatic nitrogens is 2. The molecule has 0 radical (unpaired) electrons. The summed E-state index contributed by atoms with van der Waals surface area (Å²) < 4.78 is 5.25. The molecular formula is C14H25N3O. The molecule has 0 spiro atoms. The zero-order valence-electron chi connectivity index (χ0n) is 12.0. The van der Waals surface area contributed by atoms with Crippen molar-refractivity contribution in [2.75, 3.05) is 20.3 Å². The number of hydrogen-bond donors (Lipinski definition) is 1. The second-order valence-electron chi connectivity index (χ2n) is 4.56. The molecule has 0 saturated heterocycles. The van der Waals surface area contributed by atoms with Crippen LogP contribution >= 0.6 is 0 Å². The molecule has 1 rings (SSSR count). The Balaban J connectivity index is 2.69. The standard InChI is InChI=1S/C14H25N3O/c1-5-7-15-14(10-18-4)9-13-8-12(6-2)16-11(3)17-13/h8,14-15H,5-7,9-10H2,1-4H3. The van der Waals surface area contributed by atoms with Gasteiger partial charge in [-0.25, -0.2) is 9.97 Å². The lowest BCUT2D eigenvalue weighted by molar-refractivity contribution is 0.165. The van der Waals surface area contributed by atoms with E-state index in [0.29, 0.717) is 12.6 Å². The molecule has 0 aromatic carbocycles. The fraction of sp³-hybridized carbons (Fsp3) is 0.714. The molecule has 0 aliphatic carbocycles. The minimum Gasteiger partial charge on any atom is -0.383 e. The third kappa shape index (κ3) is 5.10. The lowest BCUT2D eigenvalue weighted by Gasteiger charge is -2.17. The van der Waals surface area contributed by atoms with Crippen molar-refractivity contribution in [2.24, 2.45) is 0 Å². The van der Waals surface area contributed by atoms with E-state index in [1.165, 1.54) is 0 Å². The van der Waals surface area contributed by atoms with Crippen molar-refractivity contribution in [1.82, 2.24) is 15.3 Å². The molecule has 102 valence electrons. The predicted octanol–water partition coefficient (Wildman–Crippen LogP) is 1.90. The lowest BCUT2D eigenvalue weighted by Crippen LogP contribution is -2.36. The first kappa shape index (κ1) is 15.1. The van der Waals surface area contributed by atoms with Crippen LogP contribution in [0.1, 0.15) is 37.5 Å². The quantitative estimate of drug-likeness (QED) is 0.766. The molecule has 4 heteroatoms. The van der Waals surface area contributed by atoms with Crippen molar-refractivity contribution in [2.45, 2.75) is 46.1 Å².